The maximum absolute atomic E-state index is 15.0. The molecule has 8 nitrogen and oxygen atoms in total. The second kappa shape index (κ2) is 10.9. The fourth-order valence-electron chi connectivity index (χ4n) is 4.57. The van der Waals surface area contributed by atoms with E-state index in [0.29, 0.717) is 17.8 Å². The van der Waals surface area contributed by atoms with Gasteiger partial charge in [0.2, 0.25) is 0 Å². The smallest absolute Gasteiger partial charge is 0.355 e. The van der Waals surface area contributed by atoms with Gasteiger partial charge in [-0.1, -0.05) is 32.0 Å². The standard InChI is InChI=1S/C26H32FN3O5/c1-6-29(7-2)13-14-30-22(17-11-9-10-12-18(17)27)20(24(32)25(30)33)23(31)19-15(4)21(28-16(19)5)26(34)35-8-3/h9-12,22,28,31H,6-8,13-14H2,1-5H3/t22-/m1/s1. The van der Waals surface area contributed by atoms with Crippen molar-refractivity contribution in [1.29, 1.82) is 0 Å². The van der Waals surface area contributed by atoms with Gasteiger partial charge in [-0.25, -0.2) is 9.18 Å². The predicted molar refractivity (Wildman–Crippen MR) is 129 cm³/mol. The normalized spacial score (nSPS) is 17.5. The third-order valence-electron chi connectivity index (χ3n) is 6.45. The van der Waals surface area contributed by atoms with Gasteiger partial charge in [-0.15, -0.1) is 0 Å². The van der Waals surface area contributed by atoms with Gasteiger partial charge in [0.25, 0.3) is 11.7 Å². The lowest BCUT2D eigenvalue weighted by atomic mass is 9.93. The average Bonchev–Trinajstić information content (AvgIpc) is 3.27. The Morgan fingerprint density at radius 1 is 1.17 bits per heavy atom. The first kappa shape index (κ1) is 26.2. The molecule has 1 saturated heterocycles. The number of aliphatic hydroxyl groups is 1. The molecule has 2 N–H and O–H groups in total. The van der Waals surface area contributed by atoms with Crippen LogP contribution in [0.4, 0.5) is 4.39 Å². The molecule has 9 heteroatoms. The Morgan fingerprint density at radius 3 is 2.43 bits per heavy atom. The number of likely N-dealkylation sites (tertiary alicyclic amines) is 1. The van der Waals surface area contributed by atoms with Gasteiger partial charge in [-0.2, -0.15) is 0 Å². The zero-order valence-corrected chi connectivity index (χ0v) is 20.8. The molecule has 0 unspecified atom stereocenters. The number of amides is 1. The SMILES string of the molecule is CCOC(=O)c1[nH]c(C)c(C(O)=C2C(=O)C(=O)N(CCN(CC)CC)[C@@H]2c2ccccc2F)c1C. The van der Waals surface area contributed by atoms with Crippen LogP contribution in [-0.4, -0.2) is 70.3 Å². The number of H-pyrrole nitrogens is 1. The zero-order valence-electron chi connectivity index (χ0n) is 20.8. The summed E-state index contributed by atoms with van der Waals surface area (Å²) in [6, 6.07) is 4.80. The highest BCUT2D eigenvalue weighted by molar-refractivity contribution is 6.46. The number of ether oxygens (including phenoxy) is 1. The lowest BCUT2D eigenvalue weighted by Gasteiger charge is -2.28. The molecule has 0 spiro atoms. The molecular formula is C26H32FN3O5. The van der Waals surface area contributed by atoms with E-state index in [-0.39, 0.29) is 35.5 Å². The molecule has 1 aromatic carbocycles. The Morgan fingerprint density at radius 2 is 1.83 bits per heavy atom. The zero-order chi connectivity index (χ0) is 25.9. The molecule has 1 aliphatic heterocycles. The van der Waals surface area contributed by atoms with Crippen molar-refractivity contribution in [3.63, 3.8) is 0 Å². The van der Waals surface area contributed by atoms with Crippen LogP contribution in [0.1, 0.15) is 59.7 Å². The first-order valence-electron chi connectivity index (χ1n) is 11.8. The average molecular weight is 486 g/mol. The van der Waals surface area contributed by atoms with Crippen molar-refractivity contribution in [2.24, 2.45) is 0 Å². The highest BCUT2D eigenvalue weighted by atomic mass is 19.1. The number of carbonyl (C=O) groups excluding carboxylic acids is 3. The van der Waals surface area contributed by atoms with Gasteiger partial charge in [0.1, 0.15) is 17.3 Å². The molecule has 1 atom stereocenters. The predicted octanol–water partition coefficient (Wildman–Crippen LogP) is 3.71. The summed E-state index contributed by atoms with van der Waals surface area (Å²) < 4.78 is 20.0. The van der Waals surface area contributed by atoms with Gasteiger partial charge in [0, 0.05) is 29.9 Å². The second-order valence-electron chi connectivity index (χ2n) is 8.39. The van der Waals surface area contributed by atoms with E-state index in [9.17, 15) is 23.9 Å². The molecule has 0 bridgehead atoms. The van der Waals surface area contributed by atoms with E-state index < -0.39 is 35.3 Å². The van der Waals surface area contributed by atoms with Gasteiger partial charge in [-0.05, 0) is 45.5 Å². The monoisotopic (exact) mass is 485 g/mol. The summed E-state index contributed by atoms with van der Waals surface area (Å²) >= 11 is 0. The van der Waals surface area contributed by atoms with Crippen LogP contribution in [0.5, 0.6) is 0 Å². The number of aryl methyl sites for hydroxylation is 1. The minimum Gasteiger partial charge on any atom is -0.507 e. The molecule has 0 saturated carbocycles. The van der Waals surface area contributed by atoms with Crippen molar-refractivity contribution in [2.75, 3.05) is 32.8 Å². The van der Waals surface area contributed by atoms with Gasteiger partial charge in [0.05, 0.1) is 18.2 Å². The number of nitrogens with zero attached hydrogens (tertiary/aromatic N) is 2. The molecule has 188 valence electrons. The van der Waals surface area contributed by atoms with Crippen LogP contribution in [0.25, 0.3) is 5.76 Å². The van der Waals surface area contributed by atoms with Gasteiger partial charge >= 0.3 is 5.97 Å². The number of aliphatic hydroxyl groups excluding tert-OH is 1. The number of aromatic nitrogens is 1. The lowest BCUT2D eigenvalue weighted by Crippen LogP contribution is -2.38. The lowest BCUT2D eigenvalue weighted by molar-refractivity contribution is -0.140. The summed E-state index contributed by atoms with van der Waals surface area (Å²) in [5.74, 6) is -3.34. The quantitative estimate of drug-likeness (QED) is 0.243. The van der Waals surface area contributed by atoms with Crippen molar-refractivity contribution < 1.29 is 28.6 Å². The molecule has 2 heterocycles. The Hall–Kier alpha value is -3.46. The van der Waals surface area contributed by atoms with E-state index in [0.717, 1.165) is 13.1 Å². The largest absolute Gasteiger partial charge is 0.507 e. The molecule has 0 aliphatic carbocycles. The van der Waals surface area contributed by atoms with Crippen molar-refractivity contribution in [3.05, 3.63) is 63.7 Å². The van der Waals surface area contributed by atoms with Crippen LogP contribution < -0.4 is 0 Å². The summed E-state index contributed by atoms with van der Waals surface area (Å²) in [4.78, 5) is 45.0. The Bertz CT molecular complexity index is 1170. The molecule has 2 aromatic rings. The van der Waals surface area contributed by atoms with Crippen LogP contribution in [0, 0.1) is 19.7 Å². The number of benzene rings is 1. The van der Waals surface area contributed by atoms with E-state index in [1.165, 1.54) is 23.1 Å². The fraction of sp³-hybridized carbons (Fsp3) is 0.423. The molecule has 1 aromatic heterocycles. The number of rotatable bonds is 9. The molecule has 1 amide bonds. The van der Waals surface area contributed by atoms with Crippen LogP contribution in [0.15, 0.2) is 29.8 Å². The number of hydrogen-bond acceptors (Lipinski definition) is 6. The molecular weight excluding hydrogens is 453 g/mol. The van der Waals surface area contributed by atoms with Crippen molar-refractivity contribution in [3.8, 4) is 0 Å². The molecule has 3 rings (SSSR count). The number of Topliss-reactive ketones (excluding diaryl/α,β-unsaturated/α-hetero) is 1. The van der Waals surface area contributed by atoms with E-state index in [1.807, 2.05) is 13.8 Å². The van der Waals surface area contributed by atoms with Gasteiger partial charge < -0.3 is 24.6 Å². The summed E-state index contributed by atoms with van der Waals surface area (Å²) in [7, 11) is 0. The Labute approximate surface area is 204 Å². The number of hydrogen-bond donors (Lipinski definition) is 2. The fourth-order valence-corrected chi connectivity index (χ4v) is 4.57. The summed E-state index contributed by atoms with van der Waals surface area (Å²) in [6.45, 7) is 11.3. The number of ketones is 1. The van der Waals surface area contributed by atoms with Crippen molar-refractivity contribution in [2.45, 2.75) is 40.7 Å². The molecule has 0 radical (unpaired) electrons. The first-order chi connectivity index (χ1) is 16.7. The van der Waals surface area contributed by atoms with E-state index in [2.05, 4.69) is 9.88 Å². The van der Waals surface area contributed by atoms with Crippen molar-refractivity contribution in [1.82, 2.24) is 14.8 Å². The van der Waals surface area contributed by atoms with Crippen LogP contribution in [-0.2, 0) is 14.3 Å². The first-order valence-corrected chi connectivity index (χ1v) is 11.8. The minimum atomic E-state index is -1.11. The summed E-state index contributed by atoms with van der Waals surface area (Å²) in [6.07, 6.45) is 0. The highest BCUT2D eigenvalue weighted by Crippen LogP contribution is 2.41. The van der Waals surface area contributed by atoms with Crippen LogP contribution >= 0.6 is 0 Å². The van der Waals surface area contributed by atoms with Gasteiger partial charge in [0.15, 0.2) is 0 Å². The third-order valence-corrected chi connectivity index (χ3v) is 6.45. The highest BCUT2D eigenvalue weighted by Gasteiger charge is 2.47. The Kier molecular flexibility index (Phi) is 8.11. The molecule has 1 fully saturated rings. The summed E-state index contributed by atoms with van der Waals surface area (Å²) in [5, 5.41) is 11.4. The Balaban J connectivity index is 2.18. The number of aromatic amines is 1. The maximum Gasteiger partial charge on any atom is 0.355 e. The van der Waals surface area contributed by atoms with Crippen LogP contribution in [0.3, 0.4) is 0 Å². The molecule has 1 aliphatic rings. The second-order valence-corrected chi connectivity index (χ2v) is 8.39. The van der Waals surface area contributed by atoms with Crippen molar-refractivity contribution >= 4 is 23.4 Å². The number of nitrogens with one attached hydrogen (secondary N) is 1. The van der Waals surface area contributed by atoms with E-state index >= 15 is 0 Å². The topological polar surface area (TPSA) is 103 Å². The third kappa shape index (κ3) is 4.86. The maximum atomic E-state index is 15.0. The van der Waals surface area contributed by atoms with Gasteiger partial charge in [-0.3, -0.25) is 9.59 Å². The van der Waals surface area contributed by atoms with E-state index in [1.54, 1.807) is 26.8 Å². The minimum absolute atomic E-state index is 0.115. The van der Waals surface area contributed by atoms with E-state index in [4.69, 9.17) is 4.74 Å². The summed E-state index contributed by atoms with van der Waals surface area (Å²) in [5.41, 5.74) is 1.06. The number of halogens is 1. The van der Waals surface area contributed by atoms with Crippen LogP contribution in [0.2, 0.25) is 0 Å². The number of esters is 1. The number of carbonyl (C=O) groups is 3. The number of likely N-dealkylation sites (N-methyl/N-ethyl adjacent to an activating group) is 1. The molecule has 35 heavy (non-hydrogen) atoms.